The lowest BCUT2D eigenvalue weighted by Crippen LogP contribution is -2.28. The SMILES string of the molecule is C=C1C(/C=[N+]2/C=Nc3c2nc(N)[nH]c3=O)C[C@H](O)[C@H]1COC(=O)[C@H](N)c1ccccc1. The normalized spacial score (nSPS) is 24.4. The van der Waals surface area contributed by atoms with E-state index in [1.807, 2.05) is 6.07 Å². The zero-order valence-corrected chi connectivity index (χ0v) is 16.6. The Morgan fingerprint density at radius 1 is 1.42 bits per heavy atom. The molecule has 1 aliphatic heterocycles. The number of carbonyl (C=O) groups excluding carboxylic acids is 1. The molecular formula is C21H23N6O4+. The maximum Gasteiger partial charge on any atom is 0.327 e. The summed E-state index contributed by atoms with van der Waals surface area (Å²) in [6.45, 7) is 4.06. The van der Waals surface area contributed by atoms with Crippen LogP contribution in [-0.2, 0) is 9.53 Å². The number of nitrogens with zero attached hydrogens (tertiary/aromatic N) is 3. The van der Waals surface area contributed by atoms with Crippen LogP contribution in [-0.4, -0.2) is 50.9 Å². The lowest BCUT2D eigenvalue weighted by Gasteiger charge is -2.18. The first-order valence-electron chi connectivity index (χ1n) is 9.76. The van der Waals surface area contributed by atoms with Crippen LogP contribution in [0.4, 0.5) is 17.5 Å². The molecule has 1 aliphatic carbocycles. The summed E-state index contributed by atoms with van der Waals surface area (Å²) in [4.78, 5) is 34.9. The molecule has 4 rings (SSSR count). The molecule has 10 nitrogen and oxygen atoms in total. The number of hydrogen-bond acceptors (Lipinski definition) is 8. The number of fused-ring (bicyclic) bond motifs is 1. The van der Waals surface area contributed by atoms with Crippen molar-refractivity contribution in [2.24, 2.45) is 22.6 Å². The second kappa shape index (κ2) is 8.25. The number of H-pyrrole nitrogens is 1. The van der Waals surface area contributed by atoms with Gasteiger partial charge < -0.3 is 21.3 Å². The van der Waals surface area contributed by atoms with Gasteiger partial charge in [0.25, 0.3) is 11.6 Å². The molecule has 1 unspecified atom stereocenters. The molecule has 1 saturated carbocycles. The standard InChI is InChI=1S/C21H22N6O4/c1-11-13(8-27-10-24-17-18(27)25-21(23)26-19(17)29)7-15(28)14(11)9-31-20(30)16(22)12-5-3-2-4-6-12/h2-6,8,10,13-16,28H,1,7,9,22H2,(H2-,23,25,26,29)/p+1/b27-8-/t13?,14-,15-,16+/m0/s1. The Hall–Kier alpha value is -3.63. The number of hydrogen-bond donors (Lipinski definition) is 4. The highest BCUT2D eigenvalue weighted by Gasteiger charge is 2.38. The van der Waals surface area contributed by atoms with E-state index in [0.717, 1.165) is 0 Å². The number of aliphatic imine (C=N–C) groups is 1. The highest BCUT2D eigenvalue weighted by molar-refractivity contribution is 5.78. The van der Waals surface area contributed by atoms with Crippen LogP contribution in [0, 0.1) is 11.8 Å². The van der Waals surface area contributed by atoms with Crippen molar-refractivity contribution >= 4 is 36.0 Å². The monoisotopic (exact) mass is 423 g/mol. The first kappa shape index (κ1) is 20.6. The van der Waals surface area contributed by atoms with Crippen LogP contribution in [0.2, 0.25) is 0 Å². The average molecular weight is 423 g/mol. The molecule has 2 aromatic rings. The quantitative estimate of drug-likeness (QED) is 0.310. The molecule has 0 spiro atoms. The maximum atomic E-state index is 12.3. The number of aliphatic hydroxyl groups is 1. The summed E-state index contributed by atoms with van der Waals surface area (Å²) in [7, 11) is 0. The second-order valence-electron chi connectivity index (χ2n) is 7.53. The Morgan fingerprint density at radius 3 is 2.90 bits per heavy atom. The Balaban J connectivity index is 1.44. The highest BCUT2D eigenvalue weighted by atomic mass is 16.5. The van der Waals surface area contributed by atoms with Gasteiger partial charge in [-0.1, -0.05) is 52.5 Å². The van der Waals surface area contributed by atoms with Gasteiger partial charge in [-0.05, 0) is 12.0 Å². The van der Waals surface area contributed by atoms with E-state index in [4.69, 9.17) is 16.2 Å². The Bertz CT molecular complexity index is 1140. The number of ether oxygens (including phenoxy) is 1. The summed E-state index contributed by atoms with van der Waals surface area (Å²) in [6.07, 6.45) is 2.86. The number of esters is 1. The van der Waals surface area contributed by atoms with E-state index in [0.29, 0.717) is 23.4 Å². The number of aromatic amines is 1. The van der Waals surface area contributed by atoms with Crippen molar-refractivity contribution in [3.05, 3.63) is 58.4 Å². The largest absolute Gasteiger partial charge is 0.464 e. The number of nitrogens with one attached hydrogen (secondary N) is 1. The molecule has 0 bridgehead atoms. The minimum Gasteiger partial charge on any atom is -0.464 e. The van der Waals surface area contributed by atoms with E-state index >= 15 is 0 Å². The fourth-order valence-electron chi connectivity index (χ4n) is 3.78. The molecule has 2 heterocycles. The summed E-state index contributed by atoms with van der Waals surface area (Å²) in [5, 5.41) is 10.5. The average Bonchev–Trinajstić information content (AvgIpc) is 3.27. The van der Waals surface area contributed by atoms with Gasteiger partial charge in [-0.2, -0.15) is 0 Å². The van der Waals surface area contributed by atoms with E-state index in [-0.39, 0.29) is 24.2 Å². The molecule has 31 heavy (non-hydrogen) atoms. The van der Waals surface area contributed by atoms with Crippen LogP contribution in [0.5, 0.6) is 0 Å². The first-order chi connectivity index (χ1) is 14.8. The highest BCUT2D eigenvalue weighted by Crippen LogP contribution is 2.36. The fraction of sp³-hybridized carbons (Fsp3) is 0.286. The van der Waals surface area contributed by atoms with Crippen molar-refractivity contribution in [1.29, 1.82) is 0 Å². The number of rotatable bonds is 5. The van der Waals surface area contributed by atoms with Gasteiger partial charge in [0.2, 0.25) is 6.34 Å². The van der Waals surface area contributed by atoms with Gasteiger partial charge in [-0.25, -0.2) is 9.37 Å². The van der Waals surface area contributed by atoms with E-state index < -0.39 is 29.6 Å². The third kappa shape index (κ3) is 4.03. The minimum atomic E-state index is -0.901. The zero-order chi connectivity index (χ0) is 22.1. The molecule has 6 N–H and O–H groups in total. The Kier molecular flexibility index (Phi) is 5.49. The summed E-state index contributed by atoms with van der Waals surface area (Å²) in [6, 6.07) is 8.02. The molecule has 1 fully saturated rings. The molecular weight excluding hydrogens is 400 g/mol. The predicted molar refractivity (Wildman–Crippen MR) is 114 cm³/mol. The van der Waals surface area contributed by atoms with Crippen LogP contribution in [0.15, 0.2) is 52.3 Å². The molecule has 160 valence electrons. The van der Waals surface area contributed by atoms with Gasteiger partial charge in [-0.3, -0.25) is 9.78 Å². The smallest absolute Gasteiger partial charge is 0.327 e. The van der Waals surface area contributed by atoms with E-state index in [9.17, 15) is 14.7 Å². The zero-order valence-electron chi connectivity index (χ0n) is 16.6. The number of carbonyl (C=O) groups is 1. The van der Waals surface area contributed by atoms with Crippen LogP contribution >= 0.6 is 0 Å². The summed E-state index contributed by atoms with van der Waals surface area (Å²) >= 11 is 0. The third-order valence-corrected chi connectivity index (χ3v) is 5.52. The molecule has 1 aromatic heterocycles. The number of nitrogen functional groups attached to an aromatic ring is 1. The predicted octanol–water partition coefficient (Wildman–Crippen LogP) is 0.537. The van der Waals surface area contributed by atoms with Gasteiger partial charge in [0.1, 0.15) is 12.6 Å². The lowest BCUT2D eigenvalue weighted by molar-refractivity contribution is -0.291. The van der Waals surface area contributed by atoms with Gasteiger partial charge >= 0.3 is 17.3 Å². The van der Waals surface area contributed by atoms with Gasteiger partial charge in [-0.15, -0.1) is 0 Å². The third-order valence-electron chi connectivity index (χ3n) is 5.52. The molecule has 0 radical (unpaired) electrons. The lowest BCUT2D eigenvalue weighted by atomic mass is 9.99. The van der Waals surface area contributed by atoms with Crippen LogP contribution in [0.3, 0.4) is 0 Å². The Labute approximate surface area is 177 Å². The van der Waals surface area contributed by atoms with Crippen molar-refractivity contribution in [1.82, 2.24) is 9.97 Å². The first-order valence-corrected chi connectivity index (χ1v) is 9.76. The summed E-state index contributed by atoms with van der Waals surface area (Å²) in [5.74, 6) is -0.950. The number of aliphatic hydroxyl groups excluding tert-OH is 1. The van der Waals surface area contributed by atoms with Crippen molar-refractivity contribution in [3.63, 3.8) is 0 Å². The molecule has 0 saturated heterocycles. The molecule has 4 atom stereocenters. The van der Waals surface area contributed by atoms with Crippen LogP contribution in [0.1, 0.15) is 18.0 Å². The summed E-state index contributed by atoms with van der Waals surface area (Å²) < 4.78 is 6.96. The van der Waals surface area contributed by atoms with Crippen molar-refractivity contribution in [2.45, 2.75) is 18.6 Å². The van der Waals surface area contributed by atoms with Gasteiger partial charge in [0, 0.05) is 11.8 Å². The van der Waals surface area contributed by atoms with Crippen LogP contribution in [0.25, 0.3) is 0 Å². The molecule has 1 aromatic carbocycles. The van der Waals surface area contributed by atoms with E-state index in [1.54, 1.807) is 35.1 Å². The molecule has 10 heteroatoms. The van der Waals surface area contributed by atoms with Gasteiger partial charge in [0.15, 0.2) is 0 Å². The summed E-state index contributed by atoms with van der Waals surface area (Å²) in [5.41, 5.74) is 12.7. The number of anilines is 1. The fourth-order valence-corrected chi connectivity index (χ4v) is 3.78. The maximum absolute atomic E-state index is 12.3. The molecule has 2 aliphatic rings. The number of nitrogens with two attached hydrogens (primary N) is 2. The van der Waals surface area contributed by atoms with Gasteiger partial charge in [0.05, 0.1) is 12.3 Å². The van der Waals surface area contributed by atoms with Crippen LogP contribution < -0.4 is 17.0 Å². The van der Waals surface area contributed by atoms with Crippen molar-refractivity contribution in [2.75, 3.05) is 12.3 Å². The van der Waals surface area contributed by atoms with Crippen molar-refractivity contribution < 1.29 is 19.2 Å². The Morgan fingerprint density at radius 2 is 2.16 bits per heavy atom. The van der Waals surface area contributed by atoms with Crippen molar-refractivity contribution in [3.8, 4) is 0 Å². The van der Waals surface area contributed by atoms with E-state index in [1.165, 1.54) is 6.34 Å². The minimum absolute atomic E-state index is 0.0162. The number of aromatic nitrogens is 2. The second-order valence-corrected chi connectivity index (χ2v) is 7.53. The molecule has 0 amide bonds. The number of benzene rings is 1. The van der Waals surface area contributed by atoms with E-state index in [2.05, 4.69) is 21.5 Å². The topological polar surface area (TPSA) is 160 Å².